The minimum Gasteiger partial charge on any atom is -0.486 e. The van der Waals surface area contributed by atoms with Crippen molar-refractivity contribution in [2.24, 2.45) is 0 Å². The smallest absolute Gasteiger partial charge is 0.315 e. The van der Waals surface area contributed by atoms with Crippen molar-refractivity contribution >= 4 is 17.1 Å². The monoisotopic (exact) mass is 327 g/mol. The number of nitrogen functional groups attached to an aromatic ring is 1. The number of rotatable bonds is 1. The lowest BCUT2D eigenvalue weighted by Crippen LogP contribution is -2.29. The van der Waals surface area contributed by atoms with Gasteiger partial charge in [0, 0.05) is 5.56 Å². The molecule has 3 heterocycles. The van der Waals surface area contributed by atoms with Gasteiger partial charge in [-0.3, -0.25) is 9.59 Å². The summed E-state index contributed by atoms with van der Waals surface area (Å²) in [5.74, 6) is 1.21. The summed E-state index contributed by atoms with van der Waals surface area (Å²) in [7, 11) is 0. The van der Waals surface area contributed by atoms with Crippen LogP contribution in [0.4, 0.5) is 5.95 Å². The van der Waals surface area contributed by atoms with Gasteiger partial charge >= 0.3 is 11.1 Å². The van der Waals surface area contributed by atoms with Gasteiger partial charge in [-0.1, -0.05) is 0 Å². The minimum absolute atomic E-state index is 0.0190. The van der Waals surface area contributed by atoms with E-state index in [-0.39, 0.29) is 11.6 Å². The Labute approximate surface area is 134 Å². The van der Waals surface area contributed by atoms with E-state index in [4.69, 9.17) is 15.2 Å². The molecule has 0 spiro atoms. The van der Waals surface area contributed by atoms with Crippen molar-refractivity contribution in [1.82, 2.24) is 19.9 Å². The molecule has 0 fully saturated rings. The molecule has 0 unspecified atom stereocenters. The van der Waals surface area contributed by atoms with Crippen molar-refractivity contribution in [1.29, 1.82) is 0 Å². The third-order valence-electron chi connectivity index (χ3n) is 3.75. The predicted octanol–water partition coefficient (Wildman–Crippen LogP) is 0.335. The molecule has 3 aromatic rings. The van der Waals surface area contributed by atoms with Crippen LogP contribution in [0.5, 0.6) is 11.5 Å². The van der Waals surface area contributed by atoms with Crippen LogP contribution in [0.2, 0.25) is 0 Å². The van der Waals surface area contributed by atoms with Crippen LogP contribution < -0.4 is 26.3 Å². The number of nitrogens with one attached hydrogen (secondary N) is 2. The highest BCUT2D eigenvalue weighted by atomic mass is 16.6. The molecule has 24 heavy (non-hydrogen) atoms. The van der Waals surface area contributed by atoms with Crippen molar-refractivity contribution < 1.29 is 9.47 Å². The Kier molecular flexibility index (Phi) is 3.02. The molecule has 9 nitrogen and oxygen atoms in total. The van der Waals surface area contributed by atoms with Gasteiger partial charge in [0.2, 0.25) is 5.95 Å². The average Bonchev–Trinajstić information content (AvgIpc) is 2.55. The SMILES string of the molecule is Cc1cc2c(cc1-c1nc(N)nc3[nH]c(=O)c(=O)[nH]c13)OCCO2. The second-order valence-electron chi connectivity index (χ2n) is 5.37. The van der Waals surface area contributed by atoms with Crippen LogP contribution >= 0.6 is 0 Å². The number of nitrogens with two attached hydrogens (primary N) is 1. The van der Waals surface area contributed by atoms with E-state index in [0.29, 0.717) is 41.5 Å². The lowest BCUT2D eigenvalue weighted by molar-refractivity contribution is 0.171. The van der Waals surface area contributed by atoms with Gasteiger partial charge in [-0.2, -0.15) is 4.98 Å². The van der Waals surface area contributed by atoms with Crippen LogP contribution in [0, 0.1) is 6.92 Å². The van der Waals surface area contributed by atoms with E-state index >= 15 is 0 Å². The number of anilines is 1. The largest absolute Gasteiger partial charge is 0.486 e. The van der Waals surface area contributed by atoms with Crippen LogP contribution in [0.1, 0.15) is 5.56 Å². The molecular weight excluding hydrogens is 314 g/mol. The van der Waals surface area contributed by atoms with E-state index in [1.165, 1.54) is 0 Å². The highest BCUT2D eigenvalue weighted by Crippen LogP contribution is 2.37. The molecule has 122 valence electrons. The van der Waals surface area contributed by atoms with E-state index in [2.05, 4.69) is 19.9 Å². The Morgan fingerprint density at radius 1 is 1.04 bits per heavy atom. The van der Waals surface area contributed by atoms with Crippen molar-refractivity contribution in [2.75, 3.05) is 18.9 Å². The maximum atomic E-state index is 11.7. The fourth-order valence-corrected chi connectivity index (χ4v) is 2.66. The highest BCUT2D eigenvalue weighted by molar-refractivity contribution is 5.89. The Morgan fingerprint density at radius 3 is 2.46 bits per heavy atom. The van der Waals surface area contributed by atoms with Gasteiger partial charge in [0.15, 0.2) is 17.1 Å². The van der Waals surface area contributed by atoms with Crippen molar-refractivity contribution in [3.8, 4) is 22.8 Å². The van der Waals surface area contributed by atoms with Crippen molar-refractivity contribution in [2.45, 2.75) is 6.92 Å². The minimum atomic E-state index is -0.801. The average molecular weight is 327 g/mol. The summed E-state index contributed by atoms with van der Waals surface area (Å²) >= 11 is 0. The molecule has 0 amide bonds. The van der Waals surface area contributed by atoms with Gasteiger partial charge in [-0.25, -0.2) is 4.98 Å². The second kappa shape index (κ2) is 5.08. The Bertz CT molecular complexity index is 1090. The molecule has 0 radical (unpaired) electrons. The summed E-state index contributed by atoms with van der Waals surface area (Å²) in [5, 5.41) is 0. The topological polar surface area (TPSA) is 136 Å². The van der Waals surface area contributed by atoms with Gasteiger partial charge in [0.25, 0.3) is 0 Å². The molecule has 1 aliphatic rings. The van der Waals surface area contributed by atoms with Crippen LogP contribution in [-0.2, 0) is 0 Å². The molecule has 4 N–H and O–H groups in total. The number of hydrogen-bond acceptors (Lipinski definition) is 7. The molecule has 0 aliphatic carbocycles. The predicted molar refractivity (Wildman–Crippen MR) is 86.4 cm³/mol. The molecule has 0 bridgehead atoms. The normalized spacial score (nSPS) is 13.2. The Morgan fingerprint density at radius 2 is 1.71 bits per heavy atom. The fraction of sp³-hybridized carbons (Fsp3) is 0.200. The maximum Gasteiger partial charge on any atom is 0.315 e. The van der Waals surface area contributed by atoms with E-state index in [0.717, 1.165) is 5.56 Å². The van der Waals surface area contributed by atoms with Gasteiger partial charge in [0.05, 0.1) is 0 Å². The van der Waals surface area contributed by atoms with Crippen molar-refractivity contribution in [3.05, 3.63) is 38.4 Å². The van der Waals surface area contributed by atoms with Crippen LogP contribution in [0.15, 0.2) is 21.7 Å². The molecule has 0 saturated heterocycles. The summed E-state index contributed by atoms with van der Waals surface area (Å²) in [6, 6.07) is 3.60. The van der Waals surface area contributed by atoms with Gasteiger partial charge < -0.3 is 25.2 Å². The molecular formula is C15H13N5O4. The third-order valence-corrected chi connectivity index (χ3v) is 3.75. The molecule has 0 saturated carbocycles. The van der Waals surface area contributed by atoms with E-state index < -0.39 is 11.1 Å². The molecule has 1 aliphatic heterocycles. The number of aromatic nitrogens is 4. The number of benzene rings is 1. The first kappa shape index (κ1) is 14.2. The van der Waals surface area contributed by atoms with Crippen LogP contribution in [0.3, 0.4) is 0 Å². The first-order chi connectivity index (χ1) is 11.5. The number of aromatic amines is 2. The zero-order valence-electron chi connectivity index (χ0n) is 12.7. The molecule has 0 atom stereocenters. The van der Waals surface area contributed by atoms with Gasteiger partial charge in [-0.05, 0) is 24.6 Å². The maximum absolute atomic E-state index is 11.7. The molecule has 9 heteroatoms. The van der Waals surface area contributed by atoms with Gasteiger partial charge in [-0.15, -0.1) is 0 Å². The first-order valence-corrected chi connectivity index (χ1v) is 7.23. The quantitative estimate of drug-likeness (QED) is 0.548. The lowest BCUT2D eigenvalue weighted by Gasteiger charge is -2.20. The highest BCUT2D eigenvalue weighted by Gasteiger charge is 2.19. The zero-order valence-corrected chi connectivity index (χ0v) is 12.7. The Balaban J connectivity index is 2.05. The zero-order chi connectivity index (χ0) is 16.8. The molecule has 2 aromatic heterocycles. The second-order valence-corrected chi connectivity index (χ2v) is 5.37. The number of H-pyrrole nitrogens is 2. The van der Waals surface area contributed by atoms with E-state index in [1.807, 2.05) is 13.0 Å². The van der Waals surface area contributed by atoms with Crippen molar-refractivity contribution in [3.63, 3.8) is 0 Å². The third kappa shape index (κ3) is 2.18. The summed E-state index contributed by atoms with van der Waals surface area (Å²) in [4.78, 5) is 36.3. The number of ether oxygens (including phenoxy) is 2. The lowest BCUT2D eigenvalue weighted by atomic mass is 10.0. The standard InChI is InChI=1S/C15H13N5O4/c1-6-4-8-9(24-3-2-23-8)5-7(6)10-11-12(20-15(16)18-10)19-14(22)13(21)17-11/h4-5H,2-3H2,1H3,(H,17,21)(H3,16,18,19,20,22). The first-order valence-electron chi connectivity index (χ1n) is 7.23. The fourth-order valence-electron chi connectivity index (χ4n) is 2.66. The Hall–Kier alpha value is -3.36. The summed E-state index contributed by atoms with van der Waals surface area (Å²) in [6.45, 7) is 2.82. The summed E-state index contributed by atoms with van der Waals surface area (Å²) < 4.78 is 11.1. The van der Waals surface area contributed by atoms with E-state index in [9.17, 15) is 9.59 Å². The molecule has 4 rings (SSSR count). The summed E-state index contributed by atoms with van der Waals surface area (Å²) in [6.07, 6.45) is 0. The summed E-state index contributed by atoms with van der Waals surface area (Å²) in [5.41, 5.74) is 6.57. The number of nitrogens with zero attached hydrogens (tertiary/aromatic N) is 2. The number of hydrogen-bond donors (Lipinski definition) is 3. The molecule has 1 aromatic carbocycles. The van der Waals surface area contributed by atoms with Gasteiger partial charge in [0.1, 0.15) is 24.4 Å². The number of aryl methyl sites for hydroxylation is 1. The van der Waals surface area contributed by atoms with Crippen LogP contribution in [0.25, 0.3) is 22.4 Å². The van der Waals surface area contributed by atoms with Crippen LogP contribution in [-0.4, -0.2) is 33.1 Å². The van der Waals surface area contributed by atoms with E-state index in [1.54, 1.807) is 6.07 Å². The number of fused-ring (bicyclic) bond motifs is 2.